The van der Waals surface area contributed by atoms with Gasteiger partial charge in [-0.2, -0.15) is 0 Å². The van der Waals surface area contributed by atoms with Crippen LogP contribution in [0.5, 0.6) is 0 Å². The van der Waals surface area contributed by atoms with E-state index in [1.165, 1.54) is 6.42 Å². The maximum Gasteiger partial charge on any atom is 0.492 e. The molecule has 50 heavy (non-hydrogen) atoms. The number of ether oxygens (including phenoxy) is 3. The zero-order valence-electron chi connectivity index (χ0n) is 30.9. The molecule has 0 saturated heterocycles. The number of hydrogen-bond acceptors (Lipinski definition) is 16. The highest BCUT2D eigenvalue weighted by molar-refractivity contribution is 6.56. The first-order valence-corrected chi connectivity index (χ1v) is 22.8. The van der Waals surface area contributed by atoms with Gasteiger partial charge in [-0.15, -0.1) is 0 Å². The first-order valence-electron chi connectivity index (χ1n) is 18.7. The third kappa shape index (κ3) is 33.6. The molecular formula is C32H74N4O12Si2. The summed E-state index contributed by atoms with van der Waals surface area (Å²) >= 11 is 0. The Morgan fingerprint density at radius 3 is 1.64 bits per heavy atom. The Morgan fingerprint density at radius 1 is 0.600 bits per heavy atom. The summed E-state index contributed by atoms with van der Waals surface area (Å²) in [7, 11) is -8.15. The SMILES string of the molecule is CCCCC(CC)COCC(O)CN(CCCCCNCCN(CCN)CC(O)COCCC[Si](O)(O)O)CC(O)COCCC[Si](O)(O)O. The lowest BCUT2D eigenvalue weighted by molar-refractivity contribution is -0.0164. The second-order valence-electron chi connectivity index (χ2n) is 13.5. The lowest BCUT2D eigenvalue weighted by Gasteiger charge is -2.27. The minimum atomic E-state index is -4.09. The van der Waals surface area contributed by atoms with Crippen molar-refractivity contribution >= 4 is 17.6 Å². The molecule has 0 bridgehead atoms. The monoisotopic (exact) mass is 762 g/mol. The Bertz CT molecular complexity index is 759. The molecule has 302 valence electrons. The Morgan fingerprint density at radius 2 is 1.14 bits per heavy atom. The van der Waals surface area contributed by atoms with E-state index >= 15 is 0 Å². The first kappa shape index (κ1) is 49.8. The van der Waals surface area contributed by atoms with E-state index in [4.69, 9.17) is 48.7 Å². The maximum absolute atomic E-state index is 10.7. The number of unbranched alkanes of at least 4 members (excludes halogenated alkanes) is 3. The number of nitrogens with one attached hydrogen (secondary N) is 1. The summed E-state index contributed by atoms with van der Waals surface area (Å²) in [5.41, 5.74) is 5.75. The highest BCUT2D eigenvalue weighted by atomic mass is 28.4. The van der Waals surface area contributed by atoms with Gasteiger partial charge in [-0.1, -0.05) is 39.5 Å². The number of nitrogens with two attached hydrogens (primary N) is 1. The van der Waals surface area contributed by atoms with Crippen LogP contribution in [0, 0.1) is 5.92 Å². The maximum atomic E-state index is 10.7. The van der Waals surface area contributed by atoms with Crippen LogP contribution in [0.4, 0.5) is 0 Å². The van der Waals surface area contributed by atoms with E-state index in [0.717, 1.165) is 51.6 Å². The van der Waals surface area contributed by atoms with E-state index in [2.05, 4.69) is 24.1 Å². The van der Waals surface area contributed by atoms with Crippen LogP contribution in [0.2, 0.25) is 12.1 Å². The molecule has 0 aliphatic heterocycles. The van der Waals surface area contributed by atoms with Crippen LogP contribution >= 0.6 is 0 Å². The molecule has 4 atom stereocenters. The fourth-order valence-corrected chi connectivity index (χ4v) is 6.68. The van der Waals surface area contributed by atoms with Crippen molar-refractivity contribution in [3.05, 3.63) is 0 Å². The van der Waals surface area contributed by atoms with E-state index in [-0.39, 0.29) is 51.5 Å². The molecule has 0 aromatic heterocycles. The van der Waals surface area contributed by atoms with Crippen molar-refractivity contribution < 1.29 is 58.3 Å². The van der Waals surface area contributed by atoms with Crippen molar-refractivity contribution in [1.82, 2.24) is 15.1 Å². The van der Waals surface area contributed by atoms with Crippen molar-refractivity contribution in [1.29, 1.82) is 0 Å². The minimum Gasteiger partial charge on any atom is -0.390 e. The first-order chi connectivity index (χ1) is 23.7. The third-order valence-corrected chi connectivity index (χ3v) is 10.3. The molecule has 0 amide bonds. The van der Waals surface area contributed by atoms with Crippen LogP contribution in [0.25, 0.3) is 0 Å². The van der Waals surface area contributed by atoms with Gasteiger partial charge < -0.3 is 69.4 Å². The van der Waals surface area contributed by atoms with Gasteiger partial charge in [0.2, 0.25) is 0 Å². The molecule has 0 aliphatic carbocycles. The summed E-state index contributed by atoms with van der Waals surface area (Å²) in [4.78, 5) is 58.6. The molecule has 18 heteroatoms. The van der Waals surface area contributed by atoms with Gasteiger partial charge in [0.25, 0.3) is 0 Å². The lowest BCUT2D eigenvalue weighted by Crippen LogP contribution is -2.42. The molecule has 0 aromatic rings. The van der Waals surface area contributed by atoms with E-state index in [9.17, 15) is 15.3 Å². The second-order valence-corrected chi connectivity index (χ2v) is 17.6. The molecule has 0 saturated carbocycles. The summed E-state index contributed by atoms with van der Waals surface area (Å²) in [5.74, 6) is 0.486. The molecular weight excluding hydrogens is 689 g/mol. The molecule has 4 unspecified atom stereocenters. The van der Waals surface area contributed by atoms with Crippen LogP contribution in [0.1, 0.15) is 71.6 Å². The summed E-state index contributed by atoms with van der Waals surface area (Å²) < 4.78 is 16.7. The van der Waals surface area contributed by atoms with E-state index in [0.29, 0.717) is 64.8 Å². The van der Waals surface area contributed by atoms with Gasteiger partial charge in [-0.3, -0.25) is 9.80 Å². The van der Waals surface area contributed by atoms with Crippen LogP contribution in [0.3, 0.4) is 0 Å². The Hall–Kier alpha value is -0.206. The van der Waals surface area contributed by atoms with Crippen molar-refractivity contribution in [2.24, 2.45) is 11.7 Å². The van der Waals surface area contributed by atoms with E-state index in [1.54, 1.807) is 0 Å². The molecule has 0 heterocycles. The fourth-order valence-electron chi connectivity index (χ4n) is 5.44. The topological polar surface area (TPSA) is 254 Å². The summed E-state index contributed by atoms with van der Waals surface area (Å²) in [5, 5.41) is 35.1. The minimum absolute atomic E-state index is 0.0619. The van der Waals surface area contributed by atoms with Crippen LogP contribution in [-0.4, -0.2) is 188 Å². The highest BCUT2D eigenvalue weighted by Crippen LogP contribution is 2.13. The molecule has 0 spiro atoms. The fraction of sp³-hybridized carbons (Fsp3) is 1.00. The lowest BCUT2D eigenvalue weighted by atomic mass is 10.0. The van der Waals surface area contributed by atoms with Crippen molar-refractivity contribution in [3.8, 4) is 0 Å². The zero-order valence-corrected chi connectivity index (χ0v) is 32.9. The average Bonchev–Trinajstić information content (AvgIpc) is 3.02. The molecule has 0 rings (SSSR count). The van der Waals surface area contributed by atoms with Crippen LogP contribution < -0.4 is 11.1 Å². The summed E-state index contributed by atoms with van der Waals surface area (Å²) in [6.45, 7) is 10.9. The van der Waals surface area contributed by atoms with Gasteiger partial charge in [-0.05, 0) is 51.1 Å². The van der Waals surface area contributed by atoms with Gasteiger partial charge in [0.15, 0.2) is 0 Å². The van der Waals surface area contributed by atoms with Crippen LogP contribution in [0.15, 0.2) is 0 Å². The molecule has 0 fully saturated rings. The average molecular weight is 763 g/mol. The summed E-state index contributed by atoms with van der Waals surface area (Å²) in [6, 6.07) is -0.218. The second kappa shape index (κ2) is 31.2. The molecule has 0 aliphatic rings. The van der Waals surface area contributed by atoms with Crippen molar-refractivity contribution in [2.45, 2.75) is 102 Å². The predicted octanol–water partition coefficient (Wildman–Crippen LogP) is -1.73. The molecule has 0 aromatic carbocycles. The Kier molecular flexibility index (Phi) is 31.0. The number of hydrogen-bond donors (Lipinski definition) is 11. The van der Waals surface area contributed by atoms with Crippen LogP contribution in [-0.2, 0) is 14.2 Å². The number of nitrogens with zero attached hydrogens (tertiary/aromatic N) is 2. The molecule has 16 nitrogen and oxygen atoms in total. The Balaban J connectivity index is 4.53. The quantitative estimate of drug-likeness (QED) is 0.0248. The van der Waals surface area contributed by atoms with E-state index in [1.807, 2.05) is 4.90 Å². The van der Waals surface area contributed by atoms with Gasteiger partial charge >= 0.3 is 17.6 Å². The largest absolute Gasteiger partial charge is 0.492 e. The summed E-state index contributed by atoms with van der Waals surface area (Å²) in [6.07, 6.45) is 5.62. The highest BCUT2D eigenvalue weighted by Gasteiger charge is 2.26. The molecule has 12 N–H and O–H groups in total. The Labute approximate surface area is 302 Å². The molecule has 0 radical (unpaired) electrons. The van der Waals surface area contributed by atoms with Crippen molar-refractivity contribution in [3.63, 3.8) is 0 Å². The van der Waals surface area contributed by atoms with Crippen molar-refractivity contribution in [2.75, 3.05) is 98.5 Å². The van der Waals surface area contributed by atoms with Gasteiger partial charge in [0.1, 0.15) is 0 Å². The standard InChI is InChI=1S/C32H74N4O12Si2/c1-3-5-11-29(4-2)25-48-28-32(39)24-36(23-31(38)27-47-19-10-21-50(43,44)45)15-8-6-7-13-34-14-17-35(16-12-33)22-30(37)26-46-18-9-20-49(40,41)42/h29-32,34,37-45H,3-28,33H2,1-2H3. The number of aliphatic hydroxyl groups excluding tert-OH is 3. The van der Waals surface area contributed by atoms with Gasteiger partial charge in [0.05, 0.1) is 38.1 Å². The number of aliphatic hydroxyl groups is 3. The smallest absolute Gasteiger partial charge is 0.390 e. The third-order valence-electron chi connectivity index (χ3n) is 8.21. The predicted molar refractivity (Wildman–Crippen MR) is 196 cm³/mol. The number of rotatable bonds is 37. The van der Waals surface area contributed by atoms with Gasteiger partial charge in [-0.25, -0.2) is 0 Å². The normalized spacial score (nSPS) is 15.2. The zero-order chi connectivity index (χ0) is 37.7. The van der Waals surface area contributed by atoms with E-state index < -0.39 is 35.9 Å². The van der Waals surface area contributed by atoms with Gasteiger partial charge in [0, 0.05) is 77.7 Å².